The molecule has 3 nitrogen and oxygen atoms in total. The van der Waals surface area contributed by atoms with Crippen molar-refractivity contribution in [3.8, 4) is 0 Å². The molecule has 1 aromatic carbocycles. The Balaban J connectivity index is 2.02. The van der Waals surface area contributed by atoms with Crippen molar-refractivity contribution in [3.05, 3.63) is 35.9 Å². The van der Waals surface area contributed by atoms with Crippen LogP contribution in [-0.2, 0) is 9.59 Å². The van der Waals surface area contributed by atoms with E-state index in [1.165, 1.54) is 5.57 Å². The molecular weight excluding hydrogens is 262 g/mol. The molecule has 0 bridgehead atoms. The number of anilines is 1. The topological polar surface area (TPSA) is 37.4 Å². The van der Waals surface area contributed by atoms with Gasteiger partial charge in [0.05, 0.1) is 11.7 Å². The van der Waals surface area contributed by atoms with Crippen molar-refractivity contribution in [1.82, 2.24) is 0 Å². The number of carbonyl (C=O) groups is 2. The van der Waals surface area contributed by atoms with Gasteiger partial charge in [0.25, 0.3) is 0 Å². The first-order chi connectivity index (χ1) is 10.1. The van der Waals surface area contributed by atoms with E-state index in [4.69, 9.17) is 0 Å². The number of benzene rings is 1. The average Bonchev–Trinajstić information content (AvgIpc) is 2.46. The summed E-state index contributed by atoms with van der Waals surface area (Å²) < 4.78 is 0. The molecule has 0 radical (unpaired) electrons. The molecule has 0 spiro atoms. The second kappa shape index (κ2) is 5.47. The third kappa shape index (κ3) is 2.53. The molecule has 110 valence electrons. The Morgan fingerprint density at radius 1 is 1.29 bits per heavy atom. The molecule has 0 saturated heterocycles. The number of carbonyl (C=O) groups excluding carboxylic acids is 2. The van der Waals surface area contributed by atoms with E-state index in [1.54, 1.807) is 6.92 Å². The van der Waals surface area contributed by atoms with Crippen molar-refractivity contribution in [2.24, 2.45) is 5.92 Å². The van der Waals surface area contributed by atoms with E-state index in [-0.39, 0.29) is 17.9 Å². The molecule has 2 atom stereocenters. The summed E-state index contributed by atoms with van der Waals surface area (Å²) in [4.78, 5) is 25.9. The number of nitrogens with zero attached hydrogens (tertiary/aromatic N) is 1. The molecule has 3 rings (SSSR count). The predicted octanol–water partition coefficient (Wildman–Crippen LogP) is 3.58. The highest BCUT2D eigenvalue weighted by Gasteiger charge is 2.35. The molecule has 1 saturated carbocycles. The Morgan fingerprint density at radius 3 is 2.76 bits per heavy atom. The van der Waals surface area contributed by atoms with Crippen LogP contribution < -0.4 is 4.90 Å². The first-order valence-corrected chi connectivity index (χ1v) is 7.67. The highest BCUT2D eigenvalue weighted by molar-refractivity contribution is 5.98. The molecule has 1 aliphatic heterocycles. The second-order valence-corrected chi connectivity index (χ2v) is 6.14. The number of hydrogen-bond acceptors (Lipinski definition) is 2. The number of fused-ring (bicyclic) bond motifs is 1. The van der Waals surface area contributed by atoms with E-state index in [2.05, 4.69) is 19.1 Å². The molecule has 0 N–H and O–H groups in total. The summed E-state index contributed by atoms with van der Waals surface area (Å²) in [5.41, 5.74) is 3.30. The number of allylic oxidation sites excluding steroid dienone is 1. The van der Waals surface area contributed by atoms with Crippen molar-refractivity contribution in [3.63, 3.8) is 0 Å². The van der Waals surface area contributed by atoms with Crippen LogP contribution in [0.2, 0.25) is 0 Å². The minimum absolute atomic E-state index is 0.0154. The minimum Gasteiger partial charge on any atom is -0.305 e. The number of para-hydroxylation sites is 1. The number of rotatable bonds is 1. The Bertz CT molecular complexity index is 617. The smallest absolute Gasteiger partial charge is 0.224 e. The van der Waals surface area contributed by atoms with Crippen LogP contribution in [0.25, 0.3) is 5.57 Å². The van der Waals surface area contributed by atoms with Crippen molar-refractivity contribution < 1.29 is 9.59 Å². The first kappa shape index (κ1) is 14.1. The number of ketones is 1. The fourth-order valence-corrected chi connectivity index (χ4v) is 3.67. The lowest BCUT2D eigenvalue weighted by Gasteiger charge is -2.40. The van der Waals surface area contributed by atoms with Crippen LogP contribution in [0, 0.1) is 5.92 Å². The summed E-state index contributed by atoms with van der Waals surface area (Å²) in [5.74, 6) is 0.632. The Hall–Kier alpha value is -1.90. The van der Waals surface area contributed by atoms with Gasteiger partial charge in [-0.25, -0.2) is 0 Å². The van der Waals surface area contributed by atoms with Crippen LogP contribution in [-0.4, -0.2) is 17.7 Å². The lowest BCUT2D eigenvalue weighted by atomic mass is 9.79. The highest BCUT2D eigenvalue weighted by atomic mass is 16.2. The van der Waals surface area contributed by atoms with E-state index in [1.807, 2.05) is 23.1 Å². The summed E-state index contributed by atoms with van der Waals surface area (Å²) in [5, 5.41) is 0. The standard InChI is InChI=1S/C18H21NO2/c1-12-10-18(14-6-5-7-15(21)11-14)19(13(2)20)17-9-4-3-8-16(12)17/h3-4,8-10,14,18H,5-7,11H2,1-2H3. The van der Waals surface area contributed by atoms with Gasteiger partial charge in [-0.1, -0.05) is 24.3 Å². The third-order valence-electron chi connectivity index (χ3n) is 4.65. The normalized spacial score (nSPS) is 25.3. The molecule has 1 aliphatic carbocycles. The summed E-state index contributed by atoms with van der Waals surface area (Å²) in [6.07, 6.45) is 5.43. The largest absolute Gasteiger partial charge is 0.305 e. The first-order valence-electron chi connectivity index (χ1n) is 7.67. The SMILES string of the molecule is CC(=O)N1c2ccccc2C(C)=CC1C1CCCC(=O)C1. The Kier molecular flexibility index (Phi) is 3.66. The molecule has 2 unspecified atom stereocenters. The van der Waals surface area contributed by atoms with Crippen LogP contribution in [0.15, 0.2) is 30.3 Å². The predicted molar refractivity (Wildman–Crippen MR) is 84.0 cm³/mol. The van der Waals surface area contributed by atoms with Crippen molar-refractivity contribution in [2.75, 3.05) is 4.90 Å². The van der Waals surface area contributed by atoms with Crippen LogP contribution >= 0.6 is 0 Å². The molecule has 0 aromatic heterocycles. The Labute approximate surface area is 125 Å². The summed E-state index contributed by atoms with van der Waals surface area (Å²) >= 11 is 0. The van der Waals surface area contributed by atoms with E-state index in [0.29, 0.717) is 18.6 Å². The maximum absolute atomic E-state index is 12.2. The fourth-order valence-electron chi connectivity index (χ4n) is 3.67. The maximum Gasteiger partial charge on any atom is 0.224 e. The van der Waals surface area contributed by atoms with Crippen molar-refractivity contribution >= 4 is 23.0 Å². The van der Waals surface area contributed by atoms with E-state index < -0.39 is 0 Å². The molecule has 1 amide bonds. The lowest BCUT2D eigenvalue weighted by molar-refractivity contribution is -0.122. The van der Waals surface area contributed by atoms with E-state index in [0.717, 1.165) is 24.1 Å². The number of Topliss-reactive ketones (excluding diaryl/α,β-unsaturated/α-hetero) is 1. The van der Waals surface area contributed by atoms with E-state index >= 15 is 0 Å². The molecule has 21 heavy (non-hydrogen) atoms. The zero-order chi connectivity index (χ0) is 15.0. The maximum atomic E-state index is 12.2. The third-order valence-corrected chi connectivity index (χ3v) is 4.65. The van der Waals surface area contributed by atoms with Crippen molar-refractivity contribution in [2.45, 2.75) is 45.6 Å². The van der Waals surface area contributed by atoms with Gasteiger partial charge in [0, 0.05) is 25.3 Å². The molecule has 1 fully saturated rings. The van der Waals surface area contributed by atoms with Gasteiger partial charge in [0.2, 0.25) is 5.91 Å². The molecular formula is C18H21NO2. The Morgan fingerprint density at radius 2 is 2.05 bits per heavy atom. The fraction of sp³-hybridized carbons (Fsp3) is 0.444. The van der Waals surface area contributed by atoms with Gasteiger partial charge >= 0.3 is 0 Å². The van der Waals surface area contributed by atoms with Crippen LogP contribution in [0.5, 0.6) is 0 Å². The highest BCUT2D eigenvalue weighted by Crippen LogP contribution is 2.39. The minimum atomic E-state index is 0.0154. The molecule has 1 aromatic rings. The van der Waals surface area contributed by atoms with Gasteiger partial charge in [-0.2, -0.15) is 0 Å². The lowest BCUT2D eigenvalue weighted by Crippen LogP contribution is -2.46. The monoisotopic (exact) mass is 283 g/mol. The van der Waals surface area contributed by atoms with Gasteiger partial charge < -0.3 is 4.90 Å². The molecule has 1 heterocycles. The summed E-state index contributed by atoms with van der Waals surface area (Å²) in [6.45, 7) is 3.71. The van der Waals surface area contributed by atoms with E-state index in [9.17, 15) is 9.59 Å². The van der Waals surface area contributed by atoms with Crippen LogP contribution in [0.4, 0.5) is 5.69 Å². The zero-order valence-electron chi connectivity index (χ0n) is 12.6. The molecule has 3 heteroatoms. The van der Waals surface area contributed by atoms with Crippen LogP contribution in [0.1, 0.15) is 45.1 Å². The number of hydrogen-bond donors (Lipinski definition) is 0. The molecule has 2 aliphatic rings. The quantitative estimate of drug-likeness (QED) is 0.790. The van der Waals surface area contributed by atoms with Gasteiger partial charge in [-0.3, -0.25) is 9.59 Å². The van der Waals surface area contributed by atoms with Gasteiger partial charge in [-0.05, 0) is 37.3 Å². The second-order valence-electron chi connectivity index (χ2n) is 6.14. The summed E-state index contributed by atoms with van der Waals surface area (Å²) in [7, 11) is 0. The summed E-state index contributed by atoms with van der Waals surface area (Å²) in [6, 6.07) is 8.04. The van der Waals surface area contributed by atoms with Gasteiger partial charge in [0.15, 0.2) is 0 Å². The van der Waals surface area contributed by atoms with Gasteiger partial charge in [0.1, 0.15) is 5.78 Å². The van der Waals surface area contributed by atoms with Crippen LogP contribution in [0.3, 0.4) is 0 Å². The zero-order valence-corrected chi connectivity index (χ0v) is 12.6. The average molecular weight is 283 g/mol. The van der Waals surface area contributed by atoms with Gasteiger partial charge in [-0.15, -0.1) is 0 Å². The van der Waals surface area contributed by atoms with Crippen molar-refractivity contribution in [1.29, 1.82) is 0 Å². The number of amides is 1.